The maximum Gasteiger partial charge on any atom is 0.308 e. The molecule has 0 amide bonds. The molecule has 0 spiro atoms. The zero-order valence-electron chi connectivity index (χ0n) is 12.4. The molecule has 118 valence electrons. The number of hydrogen-bond donors (Lipinski definition) is 2. The predicted octanol–water partition coefficient (Wildman–Crippen LogP) is 3.37. The highest BCUT2D eigenvalue weighted by atomic mass is 35.5. The minimum atomic E-state index is -0.805. The molecule has 0 bridgehead atoms. The summed E-state index contributed by atoms with van der Waals surface area (Å²) in [6, 6.07) is 3.55. The summed E-state index contributed by atoms with van der Waals surface area (Å²) in [5.74, 6) is -0.794. The van der Waals surface area contributed by atoms with E-state index in [9.17, 15) is 9.90 Å². The highest BCUT2D eigenvalue weighted by Crippen LogP contribution is 2.20. The topological polar surface area (TPSA) is 88.0 Å². The molecule has 0 saturated carbocycles. The van der Waals surface area contributed by atoms with Gasteiger partial charge in [0.2, 0.25) is 5.28 Å². The maximum atomic E-state index is 11.3. The van der Waals surface area contributed by atoms with Crippen LogP contribution in [0.25, 0.3) is 11.0 Å². The number of pyridine rings is 1. The van der Waals surface area contributed by atoms with Crippen molar-refractivity contribution in [3.63, 3.8) is 0 Å². The number of carboxylic acids is 1. The Morgan fingerprint density at radius 2 is 2.23 bits per heavy atom. The van der Waals surface area contributed by atoms with Gasteiger partial charge in [-0.15, -0.1) is 0 Å². The SMILES string of the molecule is CCCCC[C@H](CNc1nc(Cl)nc2cccnc12)C(=O)O. The lowest BCUT2D eigenvalue weighted by molar-refractivity contribution is -0.141. The van der Waals surface area contributed by atoms with Crippen LogP contribution in [-0.4, -0.2) is 32.6 Å². The lowest BCUT2D eigenvalue weighted by Crippen LogP contribution is -2.23. The lowest BCUT2D eigenvalue weighted by Gasteiger charge is -2.14. The first kappa shape index (κ1) is 16.4. The lowest BCUT2D eigenvalue weighted by atomic mass is 10.0. The standard InChI is InChI=1S/C15H19ClN4O2/c1-2-3-4-6-10(14(21)22)9-18-13-12-11(7-5-8-17-12)19-15(16)20-13/h5,7-8,10H,2-4,6,9H2,1H3,(H,21,22)(H,18,19,20)/t10-/m1/s1. The summed E-state index contributed by atoms with van der Waals surface area (Å²) in [5.41, 5.74) is 1.22. The summed E-state index contributed by atoms with van der Waals surface area (Å²) in [6.07, 6.45) is 5.28. The summed E-state index contributed by atoms with van der Waals surface area (Å²) >= 11 is 5.90. The van der Waals surface area contributed by atoms with E-state index in [1.807, 2.05) is 0 Å². The van der Waals surface area contributed by atoms with E-state index in [0.717, 1.165) is 19.3 Å². The normalized spacial score (nSPS) is 12.3. The van der Waals surface area contributed by atoms with Crippen LogP contribution in [0.1, 0.15) is 32.6 Å². The van der Waals surface area contributed by atoms with E-state index in [4.69, 9.17) is 11.6 Å². The van der Waals surface area contributed by atoms with Crippen molar-refractivity contribution in [3.05, 3.63) is 23.6 Å². The molecule has 0 aliphatic heterocycles. The minimum Gasteiger partial charge on any atom is -0.481 e. The van der Waals surface area contributed by atoms with Crippen LogP contribution in [0, 0.1) is 5.92 Å². The van der Waals surface area contributed by atoms with Crippen molar-refractivity contribution < 1.29 is 9.90 Å². The zero-order chi connectivity index (χ0) is 15.9. The van der Waals surface area contributed by atoms with E-state index in [2.05, 4.69) is 27.2 Å². The van der Waals surface area contributed by atoms with E-state index in [0.29, 0.717) is 23.3 Å². The molecular formula is C15H19ClN4O2. The molecule has 0 aliphatic rings. The highest BCUT2D eigenvalue weighted by molar-refractivity contribution is 6.28. The molecule has 1 atom stereocenters. The van der Waals surface area contributed by atoms with E-state index in [1.165, 1.54) is 0 Å². The molecule has 2 heterocycles. The quantitative estimate of drug-likeness (QED) is 0.572. The number of aromatic nitrogens is 3. The number of unbranched alkanes of at least 4 members (excludes halogenated alkanes) is 2. The number of nitrogens with zero attached hydrogens (tertiary/aromatic N) is 3. The Bertz CT molecular complexity index is 650. The van der Waals surface area contributed by atoms with Crippen LogP contribution in [0.4, 0.5) is 5.82 Å². The van der Waals surface area contributed by atoms with Crippen LogP contribution in [-0.2, 0) is 4.79 Å². The van der Waals surface area contributed by atoms with Crippen LogP contribution in [0.15, 0.2) is 18.3 Å². The molecule has 0 radical (unpaired) electrons. The van der Waals surface area contributed by atoms with Crippen LogP contribution in [0.2, 0.25) is 5.28 Å². The fourth-order valence-electron chi connectivity index (χ4n) is 2.24. The van der Waals surface area contributed by atoms with Gasteiger partial charge >= 0.3 is 5.97 Å². The second-order valence-electron chi connectivity index (χ2n) is 5.12. The van der Waals surface area contributed by atoms with Crippen LogP contribution in [0.3, 0.4) is 0 Å². The molecule has 0 aliphatic carbocycles. The van der Waals surface area contributed by atoms with Gasteiger partial charge in [-0.2, -0.15) is 4.98 Å². The van der Waals surface area contributed by atoms with Crippen molar-refractivity contribution in [2.24, 2.45) is 5.92 Å². The zero-order valence-corrected chi connectivity index (χ0v) is 13.2. The van der Waals surface area contributed by atoms with Gasteiger partial charge in [0, 0.05) is 12.7 Å². The van der Waals surface area contributed by atoms with Gasteiger partial charge in [0.1, 0.15) is 5.52 Å². The van der Waals surface area contributed by atoms with Crippen LogP contribution in [0.5, 0.6) is 0 Å². The van der Waals surface area contributed by atoms with E-state index >= 15 is 0 Å². The molecule has 6 nitrogen and oxygen atoms in total. The summed E-state index contributed by atoms with van der Waals surface area (Å²) < 4.78 is 0. The number of fused-ring (bicyclic) bond motifs is 1. The second-order valence-corrected chi connectivity index (χ2v) is 5.46. The van der Waals surface area contributed by atoms with Gasteiger partial charge in [0.05, 0.1) is 11.4 Å². The first-order chi connectivity index (χ1) is 10.6. The van der Waals surface area contributed by atoms with Crippen molar-refractivity contribution in [3.8, 4) is 0 Å². The fourth-order valence-corrected chi connectivity index (χ4v) is 2.41. The van der Waals surface area contributed by atoms with Crippen molar-refractivity contribution >= 4 is 34.4 Å². The van der Waals surface area contributed by atoms with Crippen molar-refractivity contribution in [2.45, 2.75) is 32.6 Å². The second kappa shape index (κ2) is 7.89. The van der Waals surface area contributed by atoms with Crippen LogP contribution < -0.4 is 5.32 Å². The van der Waals surface area contributed by atoms with Gasteiger partial charge in [0.15, 0.2) is 5.82 Å². The first-order valence-corrected chi connectivity index (χ1v) is 7.74. The number of carboxylic acid groups (broad SMARTS) is 1. The van der Waals surface area contributed by atoms with Gasteiger partial charge < -0.3 is 10.4 Å². The fraction of sp³-hybridized carbons (Fsp3) is 0.467. The largest absolute Gasteiger partial charge is 0.481 e. The number of aliphatic carboxylic acids is 1. The Balaban J connectivity index is 2.10. The average Bonchev–Trinajstić information content (AvgIpc) is 2.50. The Morgan fingerprint density at radius 3 is 2.95 bits per heavy atom. The molecule has 2 aromatic rings. The summed E-state index contributed by atoms with van der Waals surface area (Å²) in [5, 5.41) is 12.5. The number of rotatable bonds is 8. The molecular weight excluding hydrogens is 304 g/mol. The average molecular weight is 323 g/mol. The highest BCUT2D eigenvalue weighted by Gasteiger charge is 2.18. The van der Waals surface area contributed by atoms with Crippen LogP contribution >= 0.6 is 11.6 Å². The third-order valence-corrected chi connectivity index (χ3v) is 3.62. The number of hydrogen-bond acceptors (Lipinski definition) is 5. The summed E-state index contributed by atoms with van der Waals surface area (Å²) in [4.78, 5) is 23.8. The van der Waals surface area contributed by atoms with Crippen molar-refractivity contribution in [1.82, 2.24) is 15.0 Å². The molecule has 22 heavy (non-hydrogen) atoms. The number of halogens is 1. The Labute approximate surface area is 134 Å². The van der Waals surface area contributed by atoms with Crippen molar-refractivity contribution in [1.29, 1.82) is 0 Å². The van der Waals surface area contributed by atoms with E-state index < -0.39 is 11.9 Å². The first-order valence-electron chi connectivity index (χ1n) is 7.36. The maximum absolute atomic E-state index is 11.3. The smallest absolute Gasteiger partial charge is 0.308 e. The Hall–Kier alpha value is -1.95. The Morgan fingerprint density at radius 1 is 1.41 bits per heavy atom. The van der Waals surface area contributed by atoms with Gasteiger partial charge in [-0.1, -0.05) is 26.2 Å². The molecule has 7 heteroatoms. The third kappa shape index (κ3) is 4.27. The van der Waals surface area contributed by atoms with Gasteiger partial charge in [-0.05, 0) is 30.2 Å². The van der Waals surface area contributed by atoms with E-state index in [1.54, 1.807) is 18.3 Å². The summed E-state index contributed by atoms with van der Waals surface area (Å²) in [6.45, 7) is 2.38. The predicted molar refractivity (Wildman–Crippen MR) is 86.1 cm³/mol. The molecule has 2 N–H and O–H groups in total. The molecule has 0 unspecified atom stereocenters. The van der Waals surface area contributed by atoms with Crippen molar-refractivity contribution in [2.75, 3.05) is 11.9 Å². The molecule has 0 saturated heterocycles. The number of carbonyl (C=O) groups is 1. The van der Waals surface area contributed by atoms with Gasteiger partial charge in [-0.3, -0.25) is 9.78 Å². The molecule has 2 aromatic heterocycles. The van der Waals surface area contributed by atoms with Gasteiger partial charge in [-0.25, -0.2) is 4.98 Å². The van der Waals surface area contributed by atoms with E-state index in [-0.39, 0.29) is 11.8 Å². The number of nitrogens with one attached hydrogen (secondary N) is 1. The summed E-state index contributed by atoms with van der Waals surface area (Å²) in [7, 11) is 0. The molecule has 0 aromatic carbocycles. The Kier molecular flexibility index (Phi) is 5.89. The minimum absolute atomic E-state index is 0.112. The number of anilines is 1. The molecule has 0 fully saturated rings. The monoisotopic (exact) mass is 322 g/mol. The molecule has 2 rings (SSSR count). The third-order valence-electron chi connectivity index (χ3n) is 3.45. The van der Waals surface area contributed by atoms with Gasteiger partial charge in [0.25, 0.3) is 0 Å².